The van der Waals surface area contributed by atoms with Crippen LogP contribution in [-0.4, -0.2) is 54.6 Å². The minimum absolute atomic E-state index is 0.0147. The topological polar surface area (TPSA) is 86.7 Å². The molecule has 0 aromatic carbocycles. The normalized spacial score (nSPS) is 27.0. The number of alkyl halides is 3. The molecule has 0 radical (unpaired) electrons. The van der Waals surface area contributed by atoms with Gasteiger partial charge in [-0.05, 0) is 38.3 Å². The summed E-state index contributed by atoms with van der Waals surface area (Å²) in [6.45, 7) is 5.75. The van der Waals surface area contributed by atoms with Crippen LogP contribution in [0.15, 0.2) is 12.1 Å². The van der Waals surface area contributed by atoms with Gasteiger partial charge in [0.25, 0.3) is 0 Å². The highest BCUT2D eigenvalue weighted by molar-refractivity contribution is 5.66. The molecule has 1 saturated carbocycles. The molecule has 1 amide bonds. The van der Waals surface area contributed by atoms with Crippen LogP contribution in [0.4, 0.5) is 23.8 Å². The monoisotopic (exact) mass is 428 g/mol. The number of aromatic nitrogens is 1. The quantitative estimate of drug-likeness (QED) is 0.669. The average molecular weight is 428 g/mol. The number of nitrogens with zero attached hydrogens (tertiary/aromatic N) is 2. The second kappa shape index (κ2) is 7.47. The van der Waals surface area contributed by atoms with Crippen molar-refractivity contribution in [2.75, 3.05) is 31.1 Å². The molecule has 0 unspecified atom stereocenters. The number of nitrogens with one attached hydrogen (secondary N) is 2. The second-order valence-electron chi connectivity index (χ2n) is 8.98. The number of piperidine rings is 2. The Bertz CT molecular complexity index is 799. The highest BCUT2D eigenvalue weighted by Crippen LogP contribution is 2.45. The van der Waals surface area contributed by atoms with E-state index in [9.17, 15) is 23.1 Å². The van der Waals surface area contributed by atoms with Gasteiger partial charge in [0.2, 0.25) is 5.88 Å². The van der Waals surface area contributed by atoms with Gasteiger partial charge in [-0.1, -0.05) is 0 Å². The number of halogens is 3. The maximum Gasteiger partial charge on any atom is 0.405 e. The van der Waals surface area contributed by atoms with Crippen molar-refractivity contribution in [1.29, 1.82) is 0 Å². The lowest BCUT2D eigenvalue weighted by atomic mass is 9.94. The van der Waals surface area contributed by atoms with Crippen LogP contribution < -0.4 is 20.3 Å². The van der Waals surface area contributed by atoms with Crippen molar-refractivity contribution in [3.05, 3.63) is 17.7 Å². The molecular formula is C20H27F3N4O3. The van der Waals surface area contributed by atoms with Crippen LogP contribution in [-0.2, 0) is 5.54 Å². The third-order valence-corrected chi connectivity index (χ3v) is 6.48. The van der Waals surface area contributed by atoms with Crippen molar-refractivity contribution in [3.8, 4) is 5.88 Å². The van der Waals surface area contributed by atoms with Crippen molar-refractivity contribution in [2.45, 2.75) is 44.5 Å². The molecule has 7 nitrogen and oxygen atoms in total. The van der Waals surface area contributed by atoms with Gasteiger partial charge < -0.3 is 25.4 Å². The molecule has 0 bridgehead atoms. The number of pyridine rings is 1. The van der Waals surface area contributed by atoms with E-state index < -0.39 is 23.7 Å². The molecule has 2 aliphatic heterocycles. The van der Waals surface area contributed by atoms with E-state index in [1.54, 1.807) is 26.0 Å². The Morgan fingerprint density at radius 2 is 1.87 bits per heavy atom. The highest BCUT2D eigenvalue weighted by atomic mass is 19.4. The van der Waals surface area contributed by atoms with Gasteiger partial charge in [0.1, 0.15) is 11.9 Å². The number of amides is 1. The summed E-state index contributed by atoms with van der Waals surface area (Å²) in [6.07, 6.45) is -5.23. The van der Waals surface area contributed by atoms with Crippen LogP contribution in [0.2, 0.25) is 0 Å². The van der Waals surface area contributed by atoms with E-state index in [1.807, 2.05) is 4.90 Å². The largest absolute Gasteiger partial charge is 0.474 e. The first-order chi connectivity index (χ1) is 14.0. The van der Waals surface area contributed by atoms with Gasteiger partial charge >= 0.3 is 12.3 Å². The Hall–Kier alpha value is -2.23. The fourth-order valence-electron chi connectivity index (χ4n) is 4.53. The summed E-state index contributed by atoms with van der Waals surface area (Å²) in [4.78, 5) is 17.6. The Morgan fingerprint density at radius 3 is 2.43 bits per heavy atom. The molecule has 1 aliphatic carbocycles. The second-order valence-corrected chi connectivity index (χ2v) is 8.98. The van der Waals surface area contributed by atoms with E-state index in [1.165, 1.54) is 0 Å². The lowest BCUT2D eigenvalue weighted by Crippen LogP contribution is -2.41. The van der Waals surface area contributed by atoms with Gasteiger partial charge in [0.05, 0.1) is 11.5 Å². The van der Waals surface area contributed by atoms with Crippen molar-refractivity contribution in [3.63, 3.8) is 0 Å². The number of hydrogen-bond donors (Lipinski definition) is 3. The number of carbonyl (C=O) groups is 1. The van der Waals surface area contributed by atoms with Gasteiger partial charge in [-0.25, -0.2) is 4.79 Å². The van der Waals surface area contributed by atoms with E-state index in [0.29, 0.717) is 29.1 Å². The van der Waals surface area contributed by atoms with Crippen LogP contribution in [0, 0.1) is 17.8 Å². The zero-order valence-electron chi connectivity index (χ0n) is 17.0. The Labute approximate surface area is 173 Å². The van der Waals surface area contributed by atoms with Crippen LogP contribution >= 0.6 is 0 Å². The molecule has 3 heterocycles. The Balaban J connectivity index is 1.56. The van der Waals surface area contributed by atoms with Gasteiger partial charge in [0.15, 0.2) is 0 Å². The SMILES string of the molecule is CC(C)(NC(=O)O)c1cc(O[C@@H]2[C@@H]3CNC[C@@H]32)nc(N2CCC(C(F)(F)F)CC2)c1. The molecule has 2 saturated heterocycles. The Morgan fingerprint density at radius 1 is 1.23 bits per heavy atom. The van der Waals surface area contributed by atoms with E-state index in [2.05, 4.69) is 15.6 Å². The third kappa shape index (κ3) is 4.28. The number of fused-ring (bicyclic) bond motifs is 1. The molecule has 10 heteroatoms. The zero-order chi connectivity index (χ0) is 21.7. The molecule has 30 heavy (non-hydrogen) atoms. The van der Waals surface area contributed by atoms with Crippen molar-refractivity contribution < 1.29 is 27.8 Å². The smallest absolute Gasteiger partial charge is 0.405 e. The number of ether oxygens (including phenoxy) is 1. The molecule has 166 valence electrons. The maximum absolute atomic E-state index is 13.0. The minimum Gasteiger partial charge on any atom is -0.474 e. The van der Waals surface area contributed by atoms with Crippen LogP contribution in [0.3, 0.4) is 0 Å². The van der Waals surface area contributed by atoms with Crippen LogP contribution in [0.1, 0.15) is 32.3 Å². The molecule has 3 fully saturated rings. The maximum atomic E-state index is 13.0. The van der Waals surface area contributed by atoms with Gasteiger partial charge in [-0.15, -0.1) is 0 Å². The van der Waals surface area contributed by atoms with Crippen molar-refractivity contribution >= 4 is 11.9 Å². The van der Waals surface area contributed by atoms with E-state index >= 15 is 0 Å². The molecule has 1 aromatic heterocycles. The first-order valence-electron chi connectivity index (χ1n) is 10.3. The van der Waals surface area contributed by atoms with Crippen LogP contribution in [0.25, 0.3) is 0 Å². The standard InChI is InChI=1S/C20H27F3N4O3/c1-19(2,26-18(28)29)12-7-15(27-5-3-11(4-6-27)20(21,22)23)25-16(8-12)30-17-13-9-24-10-14(13)17/h7-8,11,13-14,17,24,26H,3-6,9-10H2,1-2H3,(H,28,29)/t13-,14+,17-. The first kappa shape index (κ1) is 21.0. The number of hydrogen-bond acceptors (Lipinski definition) is 5. The summed E-state index contributed by atoms with van der Waals surface area (Å²) in [7, 11) is 0. The molecule has 1 aromatic rings. The third-order valence-electron chi connectivity index (χ3n) is 6.48. The number of rotatable bonds is 5. The summed E-state index contributed by atoms with van der Waals surface area (Å²) in [6, 6.07) is 3.47. The van der Waals surface area contributed by atoms with E-state index in [0.717, 1.165) is 13.1 Å². The molecule has 3 aliphatic rings. The molecule has 4 rings (SSSR count). The highest BCUT2D eigenvalue weighted by Gasteiger charge is 2.55. The van der Waals surface area contributed by atoms with E-state index in [4.69, 9.17) is 4.74 Å². The molecule has 0 spiro atoms. The van der Waals surface area contributed by atoms with Crippen LogP contribution in [0.5, 0.6) is 5.88 Å². The zero-order valence-corrected chi connectivity index (χ0v) is 17.0. The molecular weight excluding hydrogens is 401 g/mol. The Kier molecular flexibility index (Phi) is 5.24. The van der Waals surface area contributed by atoms with Gasteiger partial charge in [0, 0.05) is 44.1 Å². The number of anilines is 1. The predicted octanol–water partition coefficient (Wildman–Crippen LogP) is 2.96. The lowest BCUT2D eigenvalue weighted by Gasteiger charge is -2.34. The summed E-state index contributed by atoms with van der Waals surface area (Å²) in [5.74, 6) is 0.515. The predicted molar refractivity (Wildman–Crippen MR) is 104 cm³/mol. The summed E-state index contributed by atoms with van der Waals surface area (Å²) in [5.41, 5.74) is -0.251. The summed E-state index contributed by atoms with van der Waals surface area (Å²) >= 11 is 0. The lowest BCUT2D eigenvalue weighted by molar-refractivity contribution is -0.179. The molecule has 3 atom stereocenters. The first-order valence-corrected chi connectivity index (χ1v) is 10.3. The fraction of sp³-hybridized carbons (Fsp3) is 0.700. The van der Waals surface area contributed by atoms with Gasteiger partial charge in [-0.2, -0.15) is 18.2 Å². The van der Waals surface area contributed by atoms with Crippen molar-refractivity contribution in [2.24, 2.45) is 17.8 Å². The van der Waals surface area contributed by atoms with Crippen molar-refractivity contribution in [1.82, 2.24) is 15.6 Å². The molecule has 3 N–H and O–H groups in total. The summed E-state index contributed by atoms with van der Waals surface area (Å²) in [5, 5.41) is 15.0. The van der Waals surface area contributed by atoms with E-state index in [-0.39, 0.29) is 32.0 Å². The number of carboxylic acid groups (broad SMARTS) is 1. The minimum atomic E-state index is -4.18. The summed E-state index contributed by atoms with van der Waals surface area (Å²) < 4.78 is 45.2. The fourth-order valence-corrected chi connectivity index (χ4v) is 4.53. The average Bonchev–Trinajstić information content (AvgIpc) is 3.08. The van der Waals surface area contributed by atoms with Gasteiger partial charge in [-0.3, -0.25) is 0 Å².